The summed E-state index contributed by atoms with van der Waals surface area (Å²) in [4.78, 5) is 21.9. The van der Waals surface area contributed by atoms with Gasteiger partial charge in [0.1, 0.15) is 0 Å². The standard InChI is InChI=1S/C15H25NO2/c1-3-4-5-6-7-8-9-10-11-12-15(18)13-16-14(2)17/h3-6H,7-13H2,1-2H3,(H,16,17)/b4-3+,6-5+. The van der Waals surface area contributed by atoms with Gasteiger partial charge >= 0.3 is 0 Å². The summed E-state index contributed by atoms with van der Waals surface area (Å²) in [6.45, 7) is 3.61. The largest absolute Gasteiger partial charge is 0.349 e. The van der Waals surface area contributed by atoms with Crippen LogP contribution in [-0.4, -0.2) is 18.2 Å². The average molecular weight is 251 g/mol. The molecule has 1 amide bonds. The van der Waals surface area contributed by atoms with Crippen molar-refractivity contribution in [1.29, 1.82) is 0 Å². The van der Waals surface area contributed by atoms with Crippen molar-refractivity contribution >= 4 is 11.7 Å². The Morgan fingerprint density at radius 2 is 1.78 bits per heavy atom. The normalized spacial score (nSPS) is 11.2. The van der Waals surface area contributed by atoms with Crippen molar-refractivity contribution in [2.45, 2.75) is 52.4 Å². The van der Waals surface area contributed by atoms with Gasteiger partial charge in [-0.05, 0) is 26.2 Å². The lowest BCUT2D eigenvalue weighted by Gasteiger charge is -2.01. The first-order chi connectivity index (χ1) is 8.66. The van der Waals surface area contributed by atoms with Crippen molar-refractivity contribution in [3.63, 3.8) is 0 Å². The van der Waals surface area contributed by atoms with Crippen LogP contribution in [-0.2, 0) is 9.59 Å². The first kappa shape index (κ1) is 16.6. The molecule has 0 aliphatic rings. The number of nitrogens with one attached hydrogen (secondary N) is 1. The molecule has 0 fully saturated rings. The van der Waals surface area contributed by atoms with Crippen LogP contribution in [0.2, 0.25) is 0 Å². The van der Waals surface area contributed by atoms with Gasteiger partial charge in [-0.1, -0.05) is 37.1 Å². The number of allylic oxidation sites excluding steroid dienone is 4. The highest BCUT2D eigenvalue weighted by Crippen LogP contribution is 2.06. The molecule has 0 spiro atoms. The van der Waals surface area contributed by atoms with Crippen molar-refractivity contribution in [3.05, 3.63) is 24.3 Å². The van der Waals surface area contributed by atoms with Gasteiger partial charge in [0.25, 0.3) is 0 Å². The molecule has 0 aliphatic carbocycles. The molecule has 3 heteroatoms. The van der Waals surface area contributed by atoms with Gasteiger partial charge in [-0.25, -0.2) is 0 Å². The summed E-state index contributed by atoms with van der Waals surface area (Å²) in [5.74, 6) is -0.0190. The summed E-state index contributed by atoms with van der Waals surface area (Å²) >= 11 is 0. The van der Waals surface area contributed by atoms with Gasteiger partial charge in [0.15, 0.2) is 5.78 Å². The van der Waals surface area contributed by atoms with Crippen LogP contribution >= 0.6 is 0 Å². The maximum absolute atomic E-state index is 11.3. The van der Waals surface area contributed by atoms with E-state index >= 15 is 0 Å². The van der Waals surface area contributed by atoms with Gasteiger partial charge in [0.2, 0.25) is 5.91 Å². The lowest BCUT2D eigenvalue weighted by molar-refractivity contribution is -0.123. The fourth-order valence-electron chi connectivity index (χ4n) is 1.54. The Balaban J connectivity index is 3.29. The van der Waals surface area contributed by atoms with E-state index in [2.05, 4.69) is 17.5 Å². The van der Waals surface area contributed by atoms with Crippen LogP contribution in [0, 0.1) is 0 Å². The summed E-state index contributed by atoms with van der Waals surface area (Å²) < 4.78 is 0. The van der Waals surface area contributed by atoms with Crippen molar-refractivity contribution in [2.24, 2.45) is 0 Å². The van der Waals surface area contributed by atoms with Crippen LogP contribution in [0.25, 0.3) is 0 Å². The smallest absolute Gasteiger partial charge is 0.217 e. The number of carbonyl (C=O) groups is 2. The lowest BCUT2D eigenvalue weighted by Crippen LogP contribution is -2.26. The summed E-state index contributed by atoms with van der Waals surface area (Å²) in [7, 11) is 0. The highest BCUT2D eigenvalue weighted by molar-refractivity contribution is 5.85. The predicted molar refractivity (Wildman–Crippen MR) is 75.3 cm³/mol. The van der Waals surface area contributed by atoms with Crippen molar-refractivity contribution < 1.29 is 9.59 Å². The first-order valence-electron chi connectivity index (χ1n) is 6.70. The molecule has 0 bridgehead atoms. The first-order valence-corrected chi connectivity index (χ1v) is 6.70. The third-order valence-corrected chi connectivity index (χ3v) is 2.55. The highest BCUT2D eigenvalue weighted by Gasteiger charge is 2.01. The van der Waals surface area contributed by atoms with E-state index < -0.39 is 0 Å². The van der Waals surface area contributed by atoms with Crippen LogP contribution in [0.5, 0.6) is 0 Å². The molecule has 0 atom stereocenters. The van der Waals surface area contributed by atoms with Crippen LogP contribution in [0.15, 0.2) is 24.3 Å². The molecule has 0 aromatic heterocycles. The summed E-state index contributed by atoms with van der Waals surface area (Å²) in [6.07, 6.45) is 14.3. The summed E-state index contributed by atoms with van der Waals surface area (Å²) in [6, 6.07) is 0. The number of Topliss-reactive ketones (excluding diaryl/α,β-unsaturated/α-hetero) is 1. The Hall–Kier alpha value is -1.38. The van der Waals surface area contributed by atoms with Crippen LogP contribution < -0.4 is 5.32 Å². The Bertz CT molecular complexity index is 293. The molecule has 1 N–H and O–H groups in total. The van der Waals surface area contributed by atoms with Gasteiger partial charge < -0.3 is 5.32 Å². The minimum absolute atomic E-state index is 0.123. The SMILES string of the molecule is C/C=C/C=C/CCCCCCC(=O)CNC(C)=O. The van der Waals surface area contributed by atoms with Gasteiger partial charge in [-0.15, -0.1) is 0 Å². The van der Waals surface area contributed by atoms with Crippen LogP contribution in [0.1, 0.15) is 52.4 Å². The maximum atomic E-state index is 11.3. The maximum Gasteiger partial charge on any atom is 0.217 e. The Labute approximate surface area is 110 Å². The topological polar surface area (TPSA) is 46.2 Å². The zero-order valence-corrected chi connectivity index (χ0v) is 11.6. The summed E-state index contributed by atoms with van der Waals surface area (Å²) in [5.41, 5.74) is 0. The molecule has 0 aromatic carbocycles. The molecule has 0 saturated heterocycles. The molecular formula is C15H25NO2. The van der Waals surface area contributed by atoms with E-state index in [0.717, 1.165) is 25.7 Å². The van der Waals surface area contributed by atoms with E-state index in [1.165, 1.54) is 13.3 Å². The fourth-order valence-corrected chi connectivity index (χ4v) is 1.54. The molecule has 3 nitrogen and oxygen atoms in total. The molecule has 0 rings (SSSR count). The average Bonchev–Trinajstić information content (AvgIpc) is 2.34. The van der Waals surface area contributed by atoms with Crippen molar-refractivity contribution in [2.75, 3.05) is 6.54 Å². The number of rotatable bonds is 10. The zero-order chi connectivity index (χ0) is 13.6. The van der Waals surface area contributed by atoms with E-state index in [0.29, 0.717) is 6.42 Å². The molecule has 0 aliphatic heterocycles. The molecule has 0 radical (unpaired) electrons. The Morgan fingerprint density at radius 3 is 2.44 bits per heavy atom. The minimum atomic E-state index is -0.142. The number of hydrogen-bond donors (Lipinski definition) is 1. The number of amides is 1. The third kappa shape index (κ3) is 12.7. The van der Waals surface area contributed by atoms with Crippen molar-refractivity contribution in [1.82, 2.24) is 5.32 Å². The molecule has 0 saturated carbocycles. The second-order valence-corrected chi connectivity index (χ2v) is 4.36. The number of carbonyl (C=O) groups excluding carboxylic acids is 2. The van der Waals surface area contributed by atoms with E-state index in [-0.39, 0.29) is 18.2 Å². The van der Waals surface area contributed by atoms with E-state index in [1.54, 1.807) is 0 Å². The second-order valence-electron chi connectivity index (χ2n) is 4.36. The minimum Gasteiger partial charge on any atom is -0.349 e. The highest BCUT2D eigenvalue weighted by atomic mass is 16.2. The third-order valence-electron chi connectivity index (χ3n) is 2.55. The van der Waals surface area contributed by atoms with Crippen molar-refractivity contribution in [3.8, 4) is 0 Å². The van der Waals surface area contributed by atoms with E-state index in [1.807, 2.05) is 19.1 Å². The number of unbranched alkanes of at least 4 members (excludes halogenated alkanes) is 4. The van der Waals surface area contributed by atoms with Gasteiger partial charge in [0.05, 0.1) is 6.54 Å². The van der Waals surface area contributed by atoms with Gasteiger partial charge in [-0.3, -0.25) is 9.59 Å². The summed E-state index contributed by atoms with van der Waals surface area (Å²) in [5, 5.41) is 2.52. The zero-order valence-electron chi connectivity index (χ0n) is 11.6. The molecule has 0 heterocycles. The molecule has 0 unspecified atom stereocenters. The Kier molecular flexibility index (Phi) is 11.2. The fraction of sp³-hybridized carbons (Fsp3) is 0.600. The van der Waals surface area contributed by atoms with Gasteiger partial charge in [-0.2, -0.15) is 0 Å². The molecule has 0 aromatic rings. The molecule has 102 valence electrons. The predicted octanol–water partition coefficient (Wildman–Crippen LogP) is 3.16. The van der Waals surface area contributed by atoms with Crippen LogP contribution in [0.4, 0.5) is 0 Å². The number of hydrogen-bond acceptors (Lipinski definition) is 2. The Morgan fingerprint density at radius 1 is 1.06 bits per heavy atom. The number of ketones is 1. The second kappa shape index (κ2) is 12.1. The quantitative estimate of drug-likeness (QED) is 0.479. The monoisotopic (exact) mass is 251 g/mol. The van der Waals surface area contributed by atoms with E-state index in [9.17, 15) is 9.59 Å². The van der Waals surface area contributed by atoms with Crippen LogP contribution in [0.3, 0.4) is 0 Å². The van der Waals surface area contributed by atoms with Gasteiger partial charge in [0, 0.05) is 13.3 Å². The van der Waals surface area contributed by atoms with E-state index in [4.69, 9.17) is 0 Å². The molecular weight excluding hydrogens is 226 g/mol. The lowest BCUT2D eigenvalue weighted by atomic mass is 10.1. The molecule has 18 heavy (non-hydrogen) atoms.